The maximum atomic E-state index is 13.3. The molecule has 184 valence electrons. The normalized spacial score (nSPS) is 34.6. The summed E-state index contributed by atoms with van der Waals surface area (Å²) in [5, 5.41) is 0. The zero-order valence-electron chi connectivity index (χ0n) is 19.6. The molecule has 4 aliphatic rings. The molecular weight excluding hydrogens is 448 g/mol. The van der Waals surface area contributed by atoms with Gasteiger partial charge in [0, 0.05) is 13.1 Å². The van der Waals surface area contributed by atoms with Crippen molar-refractivity contribution in [1.82, 2.24) is 9.80 Å². The van der Waals surface area contributed by atoms with Crippen molar-refractivity contribution >= 4 is 11.6 Å². The third-order valence-electron chi connectivity index (χ3n) is 7.70. The van der Waals surface area contributed by atoms with Gasteiger partial charge in [-0.15, -0.1) is 0 Å². The molecule has 6 rings (SSSR count). The number of carbonyl (C=O) groups is 2. The number of hydrogen-bond donors (Lipinski definition) is 0. The summed E-state index contributed by atoms with van der Waals surface area (Å²) in [7, 11) is 0. The summed E-state index contributed by atoms with van der Waals surface area (Å²) in [6, 6.07) is 19.7. The van der Waals surface area contributed by atoms with Gasteiger partial charge in [-0.25, -0.2) is 0 Å². The van der Waals surface area contributed by atoms with Crippen molar-refractivity contribution in [2.45, 2.75) is 30.0 Å². The van der Waals surface area contributed by atoms with Crippen LogP contribution in [0.2, 0.25) is 0 Å². The first-order chi connectivity index (χ1) is 17.2. The van der Waals surface area contributed by atoms with Gasteiger partial charge in [-0.3, -0.25) is 19.4 Å². The Labute approximate surface area is 204 Å². The second-order valence-corrected chi connectivity index (χ2v) is 9.51. The first-order valence-corrected chi connectivity index (χ1v) is 12.3. The number of morpholine rings is 2. The Morgan fingerprint density at radius 1 is 0.714 bits per heavy atom. The molecule has 0 aromatic heterocycles. The summed E-state index contributed by atoms with van der Waals surface area (Å²) in [5.41, 5.74) is 2.26. The minimum absolute atomic E-state index is 0.0135. The summed E-state index contributed by atoms with van der Waals surface area (Å²) in [6.45, 7) is 3.55. The molecule has 1 spiro atoms. The SMILES string of the molecule is O=C1COC2(OCC(N3CCOCC3c3ccccc3)C2N2CCOCC2c2ccccc2)C1=O. The number of benzene rings is 2. The van der Waals surface area contributed by atoms with E-state index < -0.39 is 23.4 Å². The lowest BCUT2D eigenvalue weighted by atomic mass is 9.90. The minimum atomic E-state index is -1.59. The van der Waals surface area contributed by atoms with Crippen LogP contribution in [0, 0.1) is 0 Å². The van der Waals surface area contributed by atoms with E-state index in [2.05, 4.69) is 34.1 Å². The van der Waals surface area contributed by atoms with E-state index in [4.69, 9.17) is 18.9 Å². The number of ketones is 2. The zero-order valence-corrected chi connectivity index (χ0v) is 19.6. The molecule has 0 bridgehead atoms. The van der Waals surface area contributed by atoms with E-state index in [0.29, 0.717) is 46.1 Å². The van der Waals surface area contributed by atoms with Crippen molar-refractivity contribution in [3.05, 3.63) is 71.8 Å². The molecule has 4 saturated heterocycles. The van der Waals surface area contributed by atoms with Crippen molar-refractivity contribution in [3.8, 4) is 0 Å². The van der Waals surface area contributed by atoms with Gasteiger partial charge in [-0.2, -0.15) is 0 Å². The molecule has 5 unspecified atom stereocenters. The molecule has 8 nitrogen and oxygen atoms in total. The van der Waals surface area contributed by atoms with Gasteiger partial charge in [0.05, 0.1) is 57.2 Å². The number of hydrogen-bond acceptors (Lipinski definition) is 8. The number of nitrogens with zero attached hydrogens (tertiary/aromatic N) is 2. The van der Waals surface area contributed by atoms with Gasteiger partial charge in [0.1, 0.15) is 6.61 Å². The predicted molar refractivity (Wildman–Crippen MR) is 126 cm³/mol. The third kappa shape index (κ3) is 3.94. The minimum Gasteiger partial charge on any atom is -0.378 e. The average molecular weight is 479 g/mol. The number of carbonyl (C=O) groups excluding carboxylic acids is 2. The maximum absolute atomic E-state index is 13.3. The van der Waals surface area contributed by atoms with E-state index in [1.54, 1.807) is 0 Å². The van der Waals surface area contributed by atoms with Crippen molar-refractivity contribution in [1.29, 1.82) is 0 Å². The fourth-order valence-corrected chi connectivity index (χ4v) is 6.07. The zero-order chi connectivity index (χ0) is 23.8. The van der Waals surface area contributed by atoms with Crippen LogP contribution in [-0.4, -0.2) is 92.0 Å². The Kier molecular flexibility index (Phi) is 6.26. The molecule has 0 radical (unpaired) electrons. The molecular formula is C27H30N2O6. The van der Waals surface area contributed by atoms with Crippen LogP contribution in [0.15, 0.2) is 60.7 Å². The summed E-state index contributed by atoms with van der Waals surface area (Å²) in [4.78, 5) is 30.4. The molecule has 8 heteroatoms. The standard InChI is InChI=1S/C27H30N2O6/c30-24-18-35-27(26(24)31)25(29-12-14-33-16-22(29)20-9-5-2-6-10-20)23(17-34-27)28-11-13-32-15-21(28)19-7-3-1-4-8-19/h1-10,21-23,25H,11-18H2. The molecule has 2 aromatic carbocycles. The van der Waals surface area contributed by atoms with Gasteiger partial charge in [-0.1, -0.05) is 60.7 Å². The van der Waals surface area contributed by atoms with Crippen molar-refractivity contribution < 1.29 is 28.5 Å². The lowest BCUT2D eigenvalue weighted by Gasteiger charge is -2.49. The molecule has 0 N–H and O–H groups in total. The van der Waals surface area contributed by atoms with E-state index in [1.807, 2.05) is 36.4 Å². The number of ether oxygens (including phenoxy) is 4. The van der Waals surface area contributed by atoms with Gasteiger partial charge in [0.2, 0.25) is 5.78 Å². The highest BCUT2D eigenvalue weighted by Gasteiger charge is 2.66. The van der Waals surface area contributed by atoms with Crippen molar-refractivity contribution in [3.63, 3.8) is 0 Å². The Bertz CT molecular complexity index is 1070. The second kappa shape index (κ2) is 9.54. The quantitative estimate of drug-likeness (QED) is 0.616. The summed E-state index contributed by atoms with van der Waals surface area (Å²) in [6.07, 6.45) is 0. The van der Waals surface area contributed by atoms with Gasteiger partial charge < -0.3 is 18.9 Å². The first-order valence-electron chi connectivity index (χ1n) is 12.3. The largest absolute Gasteiger partial charge is 0.378 e. The van der Waals surface area contributed by atoms with E-state index >= 15 is 0 Å². The Balaban J connectivity index is 1.42. The topological polar surface area (TPSA) is 77.5 Å². The van der Waals surface area contributed by atoms with Crippen LogP contribution in [0.4, 0.5) is 0 Å². The van der Waals surface area contributed by atoms with E-state index in [0.717, 1.165) is 11.1 Å². The Hall–Kier alpha value is -2.46. The van der Waals surface area contributed by atoms with Gasteiger partial charge >= 0.3 is 0 Å². The van der Waals surface area contributed by atoms with Crippen LogP contribution in [0.25, 0.3) is 0 Å². The highest BCUT2D eigenvalue weighted by Crippen LogP contribution is 2.44. The number of Topliss-reactive ketones (excluding diaryl/α,β-unsaturated/α-hetero) is 2. The smallest absolute Gasteiger partial charge is 0.261 e. The monoisotopic (exact) mass is 478 g/mol. The second-order valence-electron chi connectivity index (χ2n) is 9.51. The van der Waals surface area contributed by atoms with E-state index in [-0.39, 0.29) is 24.7 Å². The van der Waals surface area contributed by atoms with Crippen LogP contribution < -0.4 is 0 Å². The Morgan fingerprint density at radius 2 is 1.29 bits per heavy atom. The van der Waals surface area contributed by atoms with Crippen molar-refractivity contribution in [2.24, 2.45) is 0 Å². The molecule has 4 aliphatic heterocycles. The fraction of sp³-hybridized carbons (Fsp3) is 0.481. The van der Waals surface area contributed by atoms with Crippen LogP contribution in [0.1, 0.15) is 23.2 Å². The maximum Gasteiger partial charge on any atom is 0.261 e. The fourth-order valence-electron chi connectivity index (χ4n) is 6.07. The molecule has 4 fully saturated rings. The average Bonchev–Trinajstić information content (AvgIpc) is 3.45. The van der Waals surface area contributed by atoms with Gasteiger partial charge in [0.25, 0.3) is 11.6 Å². The highest BCUT2D eigenvalue weighted by atomic mass is 16.7. The molecule has 35 heavy (non-hydrogen) atoms. The van der Waals surface area contributed by atoms with Crippen molar-refractivity contribution in [2.75, 3.05) is 52.7 Å². The lowest BCUT2D eigenvalue weighted by Crippen LogP contribution is -2.64. The molecule has 0 amide bonds. The molecule has 0 aliphatic carbocycles. The third-order valence-corrected chi connectivity index (χ3v) is 7.70. The van der Waals surface area contributed by atoms with Crippen LogP contribution in [-0.2, 0) is 28.5 Å². The number of rotatable bonds is 4. The molecule has 4 heterocycles. The van der Waals surface area contributed by atoms with Gasteiger partial charge in [-0.05, 0) is 11.1 Å². The van der Waals surface area contributed by atoms with E-state index in [1.165, 1.54) is 0 Å². The first kappa shape index (κ1) is 23.0. The summed E-state index contributed by atoms with van der Waals surface area (Å²) >= 11 is 0. The van der Waals surface area contributed by atoms with Gasteiger partial charge in [0.15, 0.2) is 0 Å². The van der Waals surface area contributed by atoms with Crippen LogP contribution in [0.3, 0.4) is 0 Å². The molecule has 5 atom stereocenters. The summed E-state index contributed by atoms with van der Waals surface area (Å²) in [5.74, 6) is -2.69. The molecule has 0 saturated carbocycles. The predicted octanol–water partition coefficient (Wildman–Crippen LogP) is 1.77. The summed E-state index contributed by atoms with van der Waals surface area (Å²) < 4.78 is 24.0. The van der Waals surface area contributed by atoms with Crippen LogP contribution >= 0.6 is 0 Å². The molecule has 2 aromatic rings. The lowest BCUT2D eigenvalue weighted by molar-refractivity contribution is -0.214. The van der Waals surface area contributed by atoms with E-state index in [9.17, 15) is 9.59 Å². The van der Waals surface area contributed by atoms with Crippen LogP contribution in [0.5, 0.6) is 0 Å². The highest BCUT2D eigenvalue weighted by molar-refractivity contribution is 6.42. The Morgan fingerprint density at radius 3 is 1.86 bits per heavy atom.